The molecule has 0 aromatic heterocycles. The molecule has 1 fully saturated rings. The third kappa shape index (κ3) is 3.68. The number of rotatable bonds is 3. The lowest BCUT2D eigenvalue weighted by molar-refractivity contribution is 0.0761. The van der Waals surface area contributed by atoms with Crippen molar-refractivity contribution in [1.29, 1.82) is 0 Å². The van der Waals surface area contributed by atoms with E-state index in [1.807, 2.05) is 4.90 Å². The van der Waals surface area contributed by atoms with Gasteiger partial charge in [-0.05, 0) is 37.2 Å². The summed E-state index contributed by atoms with van der Waals surface area (Å²) in [5.74, 6) is 0.219. The van der Waals surface area contributed by atoms with Crippen molar-refractivity contribution in [2.24, 2.45) is 5.73 Å². The second-order valence-electron chi connectivity index (χ2n) is 4.82. The maximum absolute atomic E-state index is 12.3. The molecule has 0 unspecified atom stereocenters. The lowest BCUT2D eigenvalue weighted by atomic mass is 10.2. The van der Waals surface area contributed by atoms with E-state index in [2.05, 4.69) is 4.90 Å². The van der Waals surface area contributed by atoms with Crippen molar-refractivity contribution in [3.8, 4) is 5.75 Å². The fourth-order valence-electron chi connectivity index (χ4n) is 2.37. The van der Waals surface area contributed by atoms with E-state index in [9.17, 15) is 9.90 Å². The highest BCUT2D eigenvalue weighted by molar-refractivity contribution is 5.94. The van der Waals surface area contributed by atoms with Crippen LogP contribution >= 0.6 is 0 Å². The van der Waals surface area contributed by atoms with Crippen LogP contribution in [0.15, 0.2) is 24.3 Å². The molecule has 5 nitrogen and oxygen atoms in total. The predicted octanol–water partition coefficient (Wildman–Crippen LogP) is 0.499. The summed E-state index contributed by atoms with van der Waals surface area (Å²) in [6, 6.07) is 6.43. The molecule has 1 aliphatic rings. The Labute approximate surface area is 113 Å². The predicted molar refractivity (Wildman–Crippen MR) is 74.1 cm³/mol. The molecule has 1 aromatic rings. The number of benzene rings is 1. The summed E-state index contributed by atoms with van der Waals surface area (Å²) in [7, 11) is 0. The molecule has 3 N–H and O–H groups in total. The molecular formula is C14H21N3O2. The number of hydrogen-bond acceptors (Lipinski definition) is 4. The summed E-state index contributed by atoms with van der Waals surface area (Å²) in [6.07, 6.45) is 0.976. The maximum atomic E-state index is 12.3. The quantitative estimate of drug-likeness (QED) is 0.833. The van der Waals surface area contributed by atoms with Crippen LogP contribution in [0.5, 0.6) is 5.75 Å². The molecule has 1 saturated heterocycles. The summed E-state index contributed by atoms with van der Waals surface area (Å²) >= 11 is 0. The number of carbonyl (C=O) groups is 1. The van der Waals surface area contributed by atoms with Gasteiger partial charge in [0.1, 0.15) is 5.75 Å². The number of nitrogens with two attached hydrogens (primary N) is 1. The fourth-order valence-corrected chi connectivity index (χ4v) is 2.37. The highest BCUT2D eigenvalue weighted by Gasteiger charge is 2.19. The molecule has 2 rings (SSSR count). The Balaban J connectivity index is 1.98. The molecular weight excluding hydrogens is 242 g/mol. The van der Waals surface area contributed by atoms with Gasteiger partial charge in [-0.3, -0.25) is 4.79 Å². The minimum absolute atomic E-state index is 0.0367. The SMILES string of the molecule is NCCN1CCCN(C(=O)c2ccc(O)cc2)CC1. The third-order valence-corrected chi connectivity index (χ3v) is 3.44. The van der Waals surface area contributed by atoms with E-state index in [0.717, 1.165) is 39.1 Å². The van der Waals surface area contributed by atoms with Gasteiger partial charge in [0, 0.05) is 38.3 Å². The van der Waals surface area contributed by atoms with Gasteiger partial charge in [0.05, 0.1) is 0 Å². The Kier molecular flexibility index (Phi) is 4.76. The van der Waals surface area contributed by atoms with Gasteiger partial charge in [0.15, 0.2) is 0 Å². The van der Waals surface area contributed by atoms with Crippen LogP contribution in [-0.4, -0.2) is 60.1 Å². The van der Waals surface area contributed by atoms with Crippen LogP contribution in [0.3, 0.4) is 0 Å². The van der Waals surface area contributed by atoms with E-state index in [1.165, 1.54) is 0 Å². The highest BCUT2D eigenvalue weighted by atomic mass is 16.3. The number of phenols is 1. The molecule has 0 atom stereocenters. The molecule has 0 spiro atoms. The molecule has 1 amide bonds. The Hall–Kier alpha value is -1.59. The Morgan fingerprint density at radius 3 is 2.58 bits per heavy atom. The second kappa shape index (κ2) is 6.54. The number of carbonyl (C=O) groups excluding carboxylic acids is 1. The van der Waals surface area contributed by atoms with E-state index in [1.54, 1.807) is 24.3 Å². The zero-order chi connectivity index (χ0) is 13.7. The highest BCUT2D eigenvalue weighted by Crippen LogP contribution is 2.13. The first-order valence-electron chi connectivity index (χ1n) is 6.71. The van der Waals surface area contributed by atoms with Gasteiger partial charge in [0.25, 0.3) is 5.91 Å². The van der Waals surface area contributed by atoms with Crippen molar-refractivity contribution in [1.82, 2.24) is 9.80 Å². The lowest BCUT2D eigenvalue weighted by Gasteiger charge is -2.21. The van der Waals surface area contributed by atoms with Gasteiger partial charge in [-0.25, -0.2) is 0 Å². The zero-order valence-corrected chi connectivity index (χ0v) is 11.1. The lowest BCUT2D eigenvalue weighted by Crippen LogP contribution is -2.36. The molecule has 19 heavy (non-hydrogen) atoms. The molecule has 1 aliphatic heterocycles. The van der Waals surface area contributed by atoms with Gasteiger partial charge in [-0.15, -0.1) is 0 Å². The monoisotopic (exact) mass is 263 g/mol. The van der Waals surface area contributed by atoms with Gasteiger partial charge < -0.3 is 20.6 Å². The van der Waals surface area contributed by atoms with Crippen LogP contribution < -0.4 is 5.73 Å². The summed E-state index contributed by atoms with van der Waals surface area (Å²) < 4.78 is 0. The second-order valence-corrected chi connectivity index (χ2v) is 4.82. The first-order chi connectivity index (χ1) is 9.20. The number of hydrogen-bond donors (Lipinski definition) is 2. The van der Waals surface area contributed by atoms with Crippen molar-refractivity contribution in [2.75, 3.05) is 39.3 Å². The van der Waals surface area contributed by atoms with E-state index in [0.29, 0.717) is 12.1 Å². The van der Waals surface area contributed by atoms with Crippen LogP contribution in [-0.2, 0) is 0 Å². The topological polar surface area (TPSA) is 69.8 Å². The van der Waals surface area contributed by atoms with Crippen molar-refractivity contribution < 1.29 is 9.90 Å². The first-order valence-corrected chi connectivity index (χ1v) is 6.71. The summed E-state index contributed by atoms with van der Waals surface area (Å²) in [5, 5.41) is 9.24. The Morgan fingerprint density at radius 1 is 1.16 bits per heavy atom. The van der Waals surface area contributed by atoms with Gasteiger partial charge in [0.2, 0.25) is 0 Å². The number of amides is 1. The molecule has 1 heterocycles. The van der Waals surface area contributed by atoms with Crippen LogP contribution in [0.1, 0.15) is 16.8 Å². The zero-order valence-electron chi connectivity index (χ0n) is 11.1. The standard InChI is InChI=1S/C14H21N3O2/c15-6-9-16-7-1-8-17(11-10-16)14(19)12-2-4-13(18)5-3-12/h2-5,18H,1,6-11,15H2. The molecule has 0 radical (unpaired) electrons. The van der Waals surface area contributed by atoms with Crippen LogP contribution in [0.25, 0.3) is 0 Å². The largest absolute Gasteiger partial charge is 0.508 e. The smallest absolute Gasteiger partial charge is 0.253 e. The summed E-state index contributed by atoms with van der Waals surface area (Å²) in [5.41, 5.74) is 6.19. The third-order valence-electron chi connectivity index (χ3n) is 3.44. The van der Waals surface area contributed by atoms with Crippen LogP contribution in [0.2, 0.25) is 0 Å². The van der Waals surface area contributed by atoms with Gasteiger partial charge >= 0.3 is 0 Å². The average Bonchev–Trinajstić information content (AvgIpc) is 2.65. The molecule has 0 aliphatic carbocycles. The van der Waals surface area contributed by atoms with Crippen molar-refractivity contribution >= 4 is 5.91 Å². The van der Waals surface area contributed by atoms with Crippen molar-refractivity contribution in [3.05, 3.63) is 29.8 Å². The molecule has 1 aromatic carbocycles. The summed E-state index contributed by atoms with van der Waals surface area (Å²) in [6.45, 7) is 4.94. The van der Waals surface area contributed by atoms with E-state index in [-0.39, 0.29) is 11.7 Å². The molecule has 0 saturated carbocycles. The number of nitrogens with zero attached hydrogens (tertiary/aromatic N) is 2. The molecule has 5 heteroatoms. The number of phenolic OH excluding ortho intramolecular Hbond substituents is 1. The van der Waals surface area contributed by atoms with Crippen molar-refractivity contribution in [3.63, 3.8) is 0 Å². The van der Waals surface area contributed by atoms with Gasteiger partial charge in [-0.2, -0.15) is 0 Å². The average molecular weight is 263 g/mol. The normalized spacial score (nSPS) is 17.2. The molecule has 0 bridgehead atoms. The van der Waals surface area contributed by atoms with Crippen molar-refractivity contribution in [2.45, 2.75) is 6.42 Å². The number of aromatic hydroxyl groups is 1. The maximum Gasteiger partial charge on any atom is 0.253 e. The van der Waals surface area contributed by atoms with Gasteiger partial charge in [-0.1, -0.05) is 0 Å². The Morgan fingerprint density at radius 2 is 1.89 bits per heavy atom. The van der Waals surface area contributed by atoms with E-state index in [4.69, 9.17) is 5.73 Å². The van der Waals surface area contributed by atoms with Crippen LogP contribution in [0.4, 0.5) is 0 Å². The summed E-state index contributed by atoms with van der Waals surface area (Å²) in [4.78, 5) is 16.5. The fraction of sp³-hybridized carbons (Fsp3) is 0.500. The van der Waals surface area contributed by atoms with E-state index >= 15 is 0 Å². The first kappa shape index (κ1) is 13.8. The van der Waals surface area contributed by atoms with E-state index < -0.39 is 0 Å². The minimum atomic E-state index is 0.0367. The van der Waals surface area contributed by atoms with Crippen LogP contribution in [0, 0.1) is 0 Å². The minimum Gasteiger partial charge on any atom is -0.508 e. The Bertz CT molecular complexity index is 419. The molecule has 104 valence electrons.